The molecule has 0 saturated carbocycles. The number of rotatable bonds is 3. The van der Waals surface area contributed by atoms with Gasteiger partial charge in [-0.15, -0.1) is 0 Å². The lowest BCUT2D eigenvalue weighted by molar-refractivity contribution is -0.144. The smallest absolute Gasteiger partial charge is 0.245 e. The lowest BCUT2D eigenvalue weighted by Gasteiger charge is -2.36. The normalized spacial score (nSPS) is 24.7. The summed E-state index contributed by atoms with van der Waals surface area (Å²) in [6, 6.07) is 2.06. The highest BCUT2D eigenvalue weighted by Gasteiger charge is 2.38. The summed E-state index contributed by atoms with van der Waals surface area (Å²) in [5.74, 6) is 0.307. The minimum absolute atomic E-state index is 0.151. The second kappa shape index (κ2) is 6.18. The molecule has 0 aromatic carbocycles. The van der Waals surface area contributed by atoms with E-state index in [1.54, 1.807) is 11.3 Å². The Labute approximate surface area is 129 Å². The van der Waals surface area contributed by atoms with E-state index in [4.69, 9.17) is 0 Å². The Balaban J connectivity index is 1.75. The first-order valence-electron chi connectivity index (χ1n) is 7.78. The van der Waals surface area contributed by atoms with Crippen molar-refractivity contribution in [2.45, 2.75) is 51.1 Å². The van der Waals surface area contributed by atoms with Crippen LogP contribution in [0.5, 0.6) is 0 Å². The third kappa shape index (κ3) is 2.98. The van der Waals surface area contributed by atoms with Gasteiger partial charge in [0.1, 0.15) is 6.04 Å². The molecule has 5 heteroatoms. The Kier molecular flexibility index (Phi) is 4.29. The van der Waals surface area contributed by atoms with Crippen LogP contribution in [0, 0.1) is 0 Å². The van der Waals surface area contributed by atoms with Crippen molar-refractivity contribution in [3.8, 4) is 0 Å². The van der Waals surface area contributed by atoms with E-state index in [-0.39, 0.29) is 23.9 Å². The SMILES string of the molecule is CC(Cc1ccsc1)N1CCC(=O)N2CCCCC2C1=O. The van der Waals surface area contributed by atoms with E-state index in [9.17, 15) is 9.59 Å². The van der Waals surface area contributed by atoms with Crippen LogP contribution in [0.4, 0.5) is 0 Å². The maximum atomic E-state index is 12.8. The summed E-state index contributed by atoms with van der Waals surface area (Å²) < 4.78 is 0. The fourth-order valence-electron chi connectivity index (χ4n) is 3.45. The lowest BCUT2D eigenvalue weighted by Crippen LogP contribution is -2.51. The molecule has 3 heterocycles. The van der Waals surface area contributed by atoms with E-state index in [1.807, 2.05) is 9.80 Å². The molecule has 0 N–H and O–H groups in total. The van der Waals surface area contributed by atoms with Crippen LogP contribution in [0.3, 0.4) is 0 Å². The van der Waals surface area contributed by atoms with Crippen LogP contribution in [-0.2, 0) is 16.0 Å². The van der Waals surface area contributed by atoms with Gasteiger partial charge in [0.25, 0.3) is 0 Å². The topological polar surface area (TPSA) is 40.6 Å². The van der Waals surface area contributed by atoms with Gasteiger partial charge in [-0.2, -0.15) is 11.3 Å². The maximum Gasteiger partial charge on any atom is 0.245 e. The fourth-order valence-corrected chi connectivity index (χ4v) is 4.13. The van der Waals surface area contributed by atoms with Crippen molar-refractivity contribution in [2.24, 2.45) is 0 Å². The molecular formula is C16H22N2O2S. The van der Waals surface area contributed by atoms with Gasteiger partial charge in [-0.05, 0) is 55.0 Å². The van der Waals surface area contributed by atoms with Crippen LogP contribution in [0.25, 0.3) is 0 Å². The second-order valence-corrected chi connectivity index (χ2v) is 6.85. The molecule has 2 amide bonds. The third-order valence-corrected chi connectivity index (χ3v) is 5.33. The van der Waals surface area contributed by atoms with E-state index >= 15 is 0 Å². The molecule has 0 spiro atoms. The molecule has 21 heavy (non-hydrogen) atoms. The van der Waals surface area contributed by atoms with Gasteiger partial charge in [-0.25, -0.2) is 0 Å². The van der Waals surface area contributed by atoms with E-state index in [1.165, 1.54) is 5.56 Å². The number of hydrogen-bond acceptors (Lipinski definition) is 3. The number of amides is 2. The predicted octanol–water partition coefficient (Wildman–Crippen LogP) is 2.29. The van der Waals surface area contributed by atoms with Gasteiger partial charge in [0.2, 0.25) is 11.8 Å². The molecule has 0 bridgehead atoms. The number of carbonyl (C=O) groups excluding carboxylic acids is 2. The Bertz CT molecular complexity index is 514. The average Bonchev–Trinajstić information content (AvgIpc) is 2.95. The number of hydrogen-bond donors (Lipinski definition) is 0. The quantitative estimate of drug-likeness (QED) is 0.859. The number of piperidine rings is 1. The number of thiophene rings is 1. The molecular weight excluding hydrogens is 284 g/mol. The van der Waals surface area contributed by atoms with Gasteiger partial charge < -0.3 is 9.80 Å². The van der Waals surface area contributed by atoms with Crippen molar-refractivity contribution in [2.75, 3.05) is 13.1 Å². The molecule has 0 radical (unpaired) electrons. The van der Waals surface area contributed by atoms with E-state index in [2.05, 4.69) is 23.8 Å². The van der Waals surface area contributed by atoms with Crippen LogP contribution >= 0.6 is 11.3 Å². The van der Waals surface area contributed by atoms with E-state index in [0.717, 1.165) is 32.2 Å². The molecule has 114 valence electrons. The first kappa shape index (κ1) is 14.6. The van der Waals surface area contributed by atoms with E-state index < -0.39 is 0 Å². The van der Waals surface area contributed by atoms with Gasteiger partial charge >= 0.3 is 0 Å². The van der Waals surface area contributed by atoms with Crippen molar-refractivity contribution < 1.29 is 9.59 Å². The van der Waals surface area contributed by atoms with Gasteiger partial charge in [0.05, 0.1) is 0 Å². The third-order valence-electron chi connectivity index (χ3n) is 4.60. The summed E-state index contributed by atoms with van der Waals surface area (Å²) in [5, 5.41) is 4.20. The van der Waals surface area contributed by atoms with E-state index in [0.29, 0.717) is 13.0 Å². The summed E-state index contributed by atoms with van der Waals surface area (Å²) in [7, 11) is 0. The van der Waals surface area contributed by atoms with Gasteiger partial charge in [-0.1, -0.05) is 0 Å². The van der Waals surface area contributed by atoms with Crippen LogP contribution in [0.1, 0.15) is 38.2 Å². The zero-order valence-corrected chi connectivity index (χ0v) is 13.3. The number of nitrogens with zero attached hydrogens (tertiary/aromatic N) is 2. The molecule has 2 atom stereocenters. The summed E-state index contributed by atoms with van der Waals surface area (Å²) in [6.07, 6.45) is 4.24. The Morgan fingerprint density at radius 3 is 2.95 bits per heavy atom. The lowest BCUT2D eigenvalue weighted by atomic mass is 10.0. The summed E-state index contributed by atoms with van der Waals surface area (Å²) in [5.41, 5.74) is 1.27. The van der Waals surface area contributed by atoms with Crippen molar-refractivity contribution >= 4 is 23.2 Å². The highest BCUT2D eigenvalue weighted by atomic mass is 32.1. The van der Waals surface area contributed by atoms with Gasteiger partial charge in [0.15, 0.2) is 0 Å². The molecule has 2 fully saturated rings. The zero-order chi connectivity index (χ0) is 14.8. The molecule has 2 aliphatic heterocycles. The summed E-state index contributed by atoms with van der Waals surface area (Å²) >= 11 is 1.69. The van der Waals surface area contributed by atoms with Crippen LogP contribution in [0.15, 0.2) is 16.8 Å². The van der Waals surface area contributed by atoms with Crippen molar-refractivity contribution in [1.29, 1.82) is 0 Å². The minimum Gasteiger partial charge on any atom is -0.337 e. The molecule has 0 aliphatic carbocycles. The number of carbonyl (C=O) groups is 2. The predicted molar refractivity (Wildman–Crippen MR) is 83.2 cm³/mol. The molecule has 1 aromatic heterocycles. The molecule has 2 unspecified atom stereocenters. The molecule has 3 rings (SSSR count). The fraction of sp³-hybridized carbons (Fsp3) is 0.625. The maximum absolute atomic E-state index is 12.8. The molecule has 2 aliphatic rings. The molecule has 2 saturated heterocycles. The first-order valence-corrected chi connectivity index (χ1v) is 8.72. The Morgan fingerprint density at radius 2 is 2.19 bits per heavy atom. The molecule has 1 aromatic rings. The van der Waals surface area contributed by atoms with Crippen molar-refractivity contribution in [1.82, 2.24) is 9.80 Å². The van der Waals surface area contributed by atoms with Crippen LogP contribution in [-0.4, -0.2) is 46.8 Å². The second-order valence-electron chi connectivity index (χ2n) is 6.07. The van der Waals surface area contributed by atoms with Gasteiger partial charge in [0, 0.05) is 25.6 Å². The largest absolute Gasteiger partial charge is 0.337 e. The van der Waals surface area contributed by atoms with Crippen LogP contribution in [0.2, 0.25) is 0 Å². The Hall–Kier alpha value is -1.36. The highest BCUT2D eigenvalue weighted by Crippen LogP contribution is 2.25. The highest BCUT2D eigenvalue weighted by molar-refractivity contribution is 7.07. The monoisotopic (exact) mass is 306 g/mol. The first-order chi connectivity index (χ1) is 10.2. The minimum atomic E-state index is -0.210. The Morgan fingerprint density at radius 1 is 1.33 bits per heavy atom. The van der Waals surface area contributed by atoms with Gasteiger partial charge in [-0.3, -0.25) is 9.59 Å². The zero-order valence-electron chi connectivity index (χ0n) is 12.5. The summed E-state index contributed by atoms with van der Waals surface area (Å²) in [6.45, 7) is 3.41. The standard InChI is InChI=1S/C16H22N2O2S/c1-12(10-13-6-9-21-11-13)17-8-5-15(19)18-7-3-2-4-14(18)16(17)20/h6,9,11-12,14H,2-5,7-8,10H2,1H3. The van der Waals surface area contributed by atoms with Crippen molar-refractivity contribution in [3.63, 3.8) is 0 Å². The van der Waals surface area contributed by atoms with Crippen LogP contribution < -0.4 is 0 Å². The average molecular weight is 306 g/mol. The molecule has 4 nitrogen and oxygen atoms in total. The van der Waals surface area contributed by atoms with Crippen molar-refractivity contribution in [3.05, 3.63) is 22.4 Å². The number of fused-ring (bicyclic) bond motifs is 1. The summed E-state index contributed by atoms with van der Waals surface area (Å²) in [4.78, 5) is 28.8.